The molecule has 0 spiro atoms. The second-order valence-corrected chi connectivity index (χ2v) is 20.3. The molecule has 3 aromatic heterocycles. The van der Waals surface area contributed by atoms with E-state index >= 15 is 0 Å². The molecule has 3 atom stereocenters. The molecule has 0 radical (unpaired) electrons. The van der Waals surface area contributed by atoms with Crippen molar-refractivity contribution >= 4 is 86.4 Å². The molecule has 6 heterocycles. The second-order valence-electron chi connectivity index (χ2n) is 20.3. The van der Waals surface area contributed by atoms with Crippen molar-refractivity contribution in [1.82, 2.24) is 41.5 Å². The fourth-order valence-corrected chi connectivity index (χ4v) is 9.59. The zero-order valence-corrected chi connectivity index (χ0v) is 47.1. The number of carbonyl (C=O) groups is 6. The number of H-pyrrole nitrogens is 1. The van der Waals surface area contributed by atoms with E-state index in [2.05, 4.69) is 61.8 Å². The predicted molar refractivity (Wildman–Crippen MR) is 319 cm³/mol. The predicted octanol–water partition coefficient (Wildman–Crippen LogP) is 6.65. The number of anilines is 1. The first kappa shape index (κ1) is 63.1. The first-order valence-electron chi connectivity index (χ1n) is 27.7. The first-order chi connectivity index (χ1) is 41.9. The molecule has 10 N–H and O–H groups in total. The number of benzene rings is 4. The average molecular weight is 1190 g/mol. The number of carboxylic acid groups (broad SMARTS) is 3. The molecule has 3 amide bonds. The number of aliphatic imine (C=N–C) groups is 3. The minimum atomic E-state index is -1.07. The number of pyridine rings is 2. The summed E-state index contributed by atoms with van der Waals surface area (Å²) in [4.78, 5) is 95.2. The lowest BCUT2D eigenvalue weighted by atomic mass is 10.0. The molecule has 4 aromatic carbocycles. The van der Waals surface area contributed by atoms with E-state index in [0.717, 1.165) is 33.2 Å². The fraction of sp³-hybridized carbons (Fsp3) is 0.274. The molecule has 0 bridgehead atoms. The van der Waals surface area contributed by atoms with Crippen molar-refractivity contribution in [2.45, 2.75) is 76.0 Å². The van der Waals surface area contributed by atoms with Gasteiger partial charge in [0.05, 0.1) is 61.4 Å². The van der Waals surface area contributed by atoms with Crippen LogP contribution in [0.3, 0.4) is 0 Å². The number of fused-ring (bicyclic) bond motifs is 4. The molecular formula is C62H63F3N12O10. The molecule has 25 heteroatoms. The number of halogens is 3. The van der Waals surface area contributed by atoms with Crippen LogP contribution in [0.5, 0.6) is 5.88 Å². The molecule has 0 aliphatic carbocycles. The van der Waals surface area contributed by atoms with Crippen molar-refractivity contribution in [1.29, 1.82) is 0 Å². The Balaban J connectivity index is 0.000000170. The third-order valence-electron chi connectivity index (χ3n) is 13.9. The number of hydrogen-bond acceptors (Lipinski definition) is 15. The lowest BCUT2D eigenvalue weighted by Gasteiger charge is -2.14. The molecule has 0 fully saturated rings. The Morgan fingerprint density at radius 3 is 1.60 bits per heavy atom. The quantitative estimate of drug-likeness (QED) is 0.0272. The number of nitrogens with one attached hydrogen (secondary N) is 7. The largest absolute Gasteiger partial charge is 0.481 e. The number of nitrogens with zero attached hydrogens (tertiary/aromatic N) is 5. The molecule has 452 valence electrons. The smallest absolute Gasteiger partial charge is 0.321 e. The number of methoxy groups -OCH3 is 1. The van der Waals surface area contributed by atoms with Crippen molar-refractivity contribution in [3.63, 3.8) is 0 Å². The van der Waals surface area contributed by atoms with Crippen LogP contribution >= 0.6 is 0 Å². The van der Waals surface area contributed by atoms with E-state index in [1.165, 1.54) is 49.7 Å². The van der Waals surface area contributed by atoms with Crippen LogP contribution in [0.4, 0.5) is 35.9 Å². The monoisotopic (exact) mass is 1190 g/mol. The lowest BCUT2D eigenvalue weighted by molar-refractivity contribution is -0.140. The summed E-state index contributed by atoms with van der Waals surface area (Å²) in [5.74, 6) is -4.62. The number of aromatic nitrogens is 3. The van der Waals surface area contributed by atoms with Crippen molar-refractivity contribution in [2.75, 3.05) is 38.6 Å². The summed E-state index contributed by atoms with van der Waals surface area (Å²) in [5.41, 5.74) is 9.58. The van der Waals surface area contributed by atoms with Crippen molar-refractivity contribution in [3.8, 4) is 5.88 Å². The highest BCUT2D eigenvalue weighted by Gasteiger charge is 2.27. The first-order valence-corrected chi connectivity index (χ1v) is 27.7. The third-order valence-corrected chi connectivity index (χ3v) is 13.9. The molecule has 0 unspecified atom stereocenters. The van der Waals surface area contributed by atoms with E-state index in [1.807, 2.05) is 36.5 Å². The van der Waals surface area contributed by atoms with E-state index in [0.29, 0.717) is 83.7 Å². The van der Waals surface area contributed by atoms with Gasteiger partial charge in [0, 0.05) is 105 Å². The van der Waals surface area contributed by atoms with Gasteiger partial charge >= 0.3 is 17.9 Å². The molecule has 10 rings (SSSR count). The number of aliphatic carboxylic acids is 3. The van der Waals surface area contributed by atoms with E-state index < -0.39 is 36.0 Å². The van der Waals surface area contributed by atoms with Crippen LogP contribution < -0.4 is 36.6 Å². The number of carbonyl (C=O) groups excluding carboxylic acids is 3. The number of para-hydroxylation sites is 1. The topological polar surface area (TPSA) is 323 Å². The van der Waals surface area contributed by atoms with Gasteiger partial charge in [0.15, 0.2) is 0 Å². The summed E-state index contributed by atoms with van der Waals surface area (Å²) >= 11 is 0. The Bertz CT molecular complexity index is 3710. The van der Waals surface area contributed by atoms with Gasteiger partial charge in [-0.25, -0.2) is 18.2 Å². The zero-order chi connectivity index (χ0) is 61.8. The third kappa shape index (κ3) is 19.0. The highest BCUT2D eigenvalue weighted by molar-refractivity contribution is 5.99. The number of rotatable bonds is 26. The van der Waals surface area contributed by atoms with Gasteiger partial charge < -0.3 is 46.3 Å². The second kappa shape index (κ2) is 30.7. The van der Waals surface area contributed by atoms with Crippen LogP contribution in [0.25, 0.3) is 10.9 Å². The number of amides is 3. The van der Waals surface area contributed by atoms with Gasteiger partial charge in [-0.3, -0.25) is 59.4 Å². The number of carboxylic acids is 3. The van der Waals surface area contributed by atoms with Gasteiger partial charge in [-0.1, -0.05) is 24.3 Å². The van der Waals surface area contributed by atoms with Gasteiger partial charge in [-0.2, -0.15) is 0 Å². The Morgan fingerprint density at radius 2 is 1.10 bits per heavy atom. The maximum atomic E-state index is 13.4. The molecule has 3 aliphatic rings. The minimum absolute atomic E-state index is 0.0910. The van der Waals surface area contributed by atoms with Crippen LogP contribution in [0.15, 0.2) is 143 Å². The summed E-state index contributed by atoms with van der Waals surface area (Å²) in [7, 11) is 1.50. The SMILES string of the molecule is COc1ccc(NC(=O)CCN[C@H](CC2=Nc3ccc(F)cc3C2)C(=O)O)cn1.O=C(CN[C@H](CC1=Nc2ccc(F)cc2C1)C(=O)O)NCCc1c[nH]c2ccccc12.O=C(CN[C@H](CC1=Nc2ccc(F)cc2C1)C(=O)O)NCc1ccccn1. The molecule has 3 aliphatic heterocycles. The highest BCUT2D eigenvalue weighted by atomic mass is 19.1. The van der Waals surface area contributed by atoms with E-state index in [1.54, 1.807) is 48.7 Å². The number of hydrogen-bond donors (Lipinski definition) is 10. The standard InChI is InChI=1S/C23H23FN4O3.C20H21FN4O4.C19H19FN4O3/c24-16-5-6-19-15(9-16)10-17(28-19)11-21(23(30)31)27-13-22(29)25-8-7-14-12-26-20-4-2-1-3-18(14)20;1-29-19-5-3-14(11-23-19)25-18(26)6-7-22-17(20(27)28)10-15-9-12-8-13(21)2-4-16(12)24-15;20-13-4-5-16-12(7-13)8-15(24-16)9-17(19(26)27)22-11-18(25)23-10-14-3-1-2-6-21-14/h1-6,9,12,21,26-27H,7-8,10-11,13H2,(H,25,29)(H,30,31);2-5,8,11,17,22H,6-7,9-10H2,1H3,(H,25,26)(H,27,28);1-7,17,22H,8-11H2,(H,23,25)(H,26,27)/t21-;2*17-/m111/s1. The van der Waals surface area contributed by atoms with Crippen LogP contribution in [0, 0.1) is 17.5 Å². The van der Waals surface area contributed by atoms with Crippen molar-refractivity contribution in [3.05, 3.63) is 173 Å². The van der Waals surface area contributed by atoms with Gasteiger partial charge in [-0.15, -0.1) is 0 Å². The van der Waals surface area contributed by atoms with Crippen molar-refractivity contribution < 1.29 is 62.0 Å². The average Bonchev–Trinajstić information content (AvgIpc) is 2.93. The van der Waals surface area contributed by atoms with Gasteiger partial charge in [0.2, 0.25) is 23.6 Å². The summed E-state index contributed by atoms with van der Waals surface area (Å²) in [5, 5.41) is 46.0. The molecule has 7 aromatic rings. The van der Waals surface area contributed by atoms with E-state index in [4.69, 9.17) is 4.74 Å². The Morgan fingerprint density at radius 1 is 0.586 bits per heavy atom. The molecule has 0 saturated carbocycles. The van der Waals surface area contributed by atoms with Crippen molar-refractivity contribution in [2.24, 2.45) is 15.0 Å². The summed E-state index contributed by atoms with van der Waals surface area (Å²) in [6.07, 6.45) is 7.50. The Hall–Kier alpha value is -9.98. The minimum Gasteiger partial charge on any atom is -0.481 e. The van der Waals surface area contributed by atoms with Gasteiger partial charge in [0.25, 0.3) is 0 Å². The summed E-state index contributed by atoms with van der Waals surface area (Å²) < 4.78 is 44.9. The zero-order valence-electron chi connectivity index (χ0n) is 47.1. The van der Waals surface area contributed by atoms with E-state index in [-0.39, 0.29) is 87.0 Å². The molecule has 87 heavy (non-hydrogen) atoms. The maximum Gasteiger partial charge on any atom is 0.321 e. The van der Waals surface area contributed by atoms with Crippen LogP contribution in [-0.2, 0) is 61.0 Å². The maximum absolute atomic E-state index is 13.4. The molecular weight excluding hydrogens is 1130 g/mol. The van der Waals surface area contributed by atoms with E-state index in [9.17, 15) is 57.3 Å². The Kier molecular flexibility index (Phi) is 22.3. The highest BCUT2D eigenvalue weighted by Crippen LogP contribution is 2.31. The molecule has 22 nitrogen and oxygen atoms in total. The van der Waals surface area contributed by atoms with Crippen LogP contribution in [0.2, 0.25) is 0 Å². The number of ether oxygens (including phenoxy) is 1. The van der Waals surface area contributed by atoms with Crippen LogP contribution in [0.1, 0.15) is 53.6 Å². The fourth-order valence-electron chi connectivity index (χ4n) is 9.59. The van der Waals surface area contributed by atoms with Gasteiger partial charge in [0.1, 0.15) is 35.6 Å². The summed E-state index contributed by atoms with van der Waals surface area (Å²) in [6.45, 7) is 0.653. The molecule has 0 saturated heterocycles. The lowest BCUT2D eigenvalue weighted by Crippen LogP contribution is -2.44. The Labute approximate surface area is 496 Å². The number of aromatic amines is 1. The van der Waals surface area contributed by atoms with Gasteiger partial charge in [-0.05, 0) is 108 Å². The van der Waals surface area contributed by atoms with Crippen LogP contribution in [-0.4, -0.2) is 134 Å². The summed E-state index contributed by atoms with van der Waals surface area (Å²) in [6, 6.07) is 26.8. The normalized spacial score (nSPS) is 13.5.